The highest BCUT2D eigenvalue weighted by molar-refractivity contribution is 6.36. The third-order valence-corrected chi connectivity index (χ3v) is 5.16. The summed E-state index contributed by atoms with van der Waals surface area (Å²) < 4.78 is 15.1. The van der Waals surface area contributed by atoms with E-state index in [2.05, 4.69) is 42.2 Å². The maximum Gasteiger partial charge on any atom is 0.176 e. The Hall–Kier alpha value is -2.36. The molecule has 0 spiro atoms. The van der Waals surface area contributed by atoms with Crippen LogP contribution in [0, 0.1) is 22.6 Å². The number of hydrogen-bond donors (Lipinski definition) is 1. The third-order valence-electron chi connectivity index (χ3n) is 4.58. The topological polar surface area (TPSA) is 66.0 Å². The molecule has 1 N–H and O–H groups in total. The zero-order chi connectivity index (χ0) is 19.9. The molecule has 1 aromatic carbocycles. The summed E-state index contributed by atoms with van der Waals surface area (Å²) in [6.07, 6.45) is 1.43. The summed E-state index contributed by atoms with van der Waals surface area (Å²) >= 11 is 12.8. The van der Waals surface area contributed by atoms with Crippen LogP contribution in [0.4, 0.5) is 10.2 Å². The van der Waals surface area contributed by atoms with E-state index in [9.17, 15) is 9.65 Å². The smallest absolute Gasteiger partial charge is 0.176 e. The van der Waals surface area contributed by atoms with Gasteiger partial charge in [0.25, 0.3) is 0 Å². The molecule has 1 atom stereocenters. The van der Waals surface area contributed by atoms with Crippen LogP contribution in [0.15, 0.2) is 24.4 Å². The second kappa shape index (κ2) is 6.99. The van der Waals surface area contributed by atoms with Crippen LogP contribution in [0.25, 0.3) is 16.8 Å². The van der Waals surface area contributed by atoms with Gasteiger partial charge in [-0.15, -0.1) is 0 Å². The minimum absolute atomic E-state index is 0.0203. The molecular formula is C19H18Cl2FN5. The fraction of sp³-hybridized carbons (Fsp3) is 0.316. The summed E-state index contributed by atoms with van der Waals surface area (Å²) in [5, 5.41) is 17.4. The van der Waals surface area contributed by atoms with Crippen LogP contribution in [0.3, 0.4) is 0 Å². The van der Waals surface area contributed by atoms with Gasteiger partial charge in [0.15, 0.2) is 5.65 Å². The summed E-state index contributed by atoms with van der Waals surface area (Å²) in [7, 11) is 0. The first-order chi connectivity index (χ1) is 12.6. The Labute approximate surface area is 166 Å². The molecule has 27 heavy (non-hydrogen) atoms. The predicted octanol–water partition coefficient (Wildman–Crippen LogP) is 5.56. The molecule has 2 aromatic heterocycles. The minimum atomic E-state index is -0.447. The molecule has 0 saturated carbocycles. The van der Waals surface area contributed by atoms with Crippen molar-refractivity contribution in [3.63, 3.8) is 0 Å². The fourth-order valence-corrected chi connectivity index (χ4v) is 3.06. The summed E-state index contributed by atoms with van der Waals surface area (Å²) in [4.78, 5) is 4.33. The van der Waals surface area contributed by atoms with Crippen molar-refractivity contribution >= 4 is 34.7 Å². The second-order valence-electron chi connectivity index (χ2n) is 7.39. The van der Waals surface area contributed by atoms with Gasteiger partial charge in [-0.3, -0.25) is 0 Å². The van der Waals surface area contributed by atoms with Crippen molar-refractivity contribution in [1.29, 1.82) is 5.26 Å². The van der Waals surface area contributed by atoms with Crippen LogP contribution in [0.5, 0.6) is 0 Å². The van der Waals surface area contributed by atoms with Gasteiger partial charge in [-0.2, -0.15) is 14.9 Å². The number of halogens is 3. The average Bonchev–Trinajstić information content (AvgIpc) is 2.97. The van der Waals surface area contributed by atoms with Crippen molar-refractivity contribution in [2.45, 2.75) is 33.7 Å². The van der Waals surface area contributed by atoms with E-state index in [4.69, 9.17) is 23.2 Å². The molecule has 0 bridgehead atoms. The van der Waals surface area contributed by atoms with Gasteiger partial charge in [-0.1, -0.05) is 44.0 Å². The number of nitrogens with one attached hydrogen (secondary N) is 1. The monoisotopic (exact) mass is 405 g/mol. The molecule has 0 aliphatic carbocycles. The highest BCUT2D eigenvalue weighted by Crippen LogP contribution is 2.40. The van der Waals surface area contributed by atoms with E-state index in [0.717, 1.165) is 0 Å². The Morgan fingerprint density at radius 1 is 1.30 bits per heavy atom. The molecule has 0 fully saturated rings. The van der Waals surface area contributed by atoms with Crippen molar-refractivity contribution in [2.24, 2.45) is 5.41 Å². The van der Waals surface area contributed by atoms with E-state index in [1.165, 1.54) is 22.8 Å². The number of anilines is 1. The lowest BCUT2D eigenvalue weighted by molar-refractivity contribution is 0.358. The quantitative estimate of drug-likeness (QED) is 0.579. The molecule has 1 unspecified atom stereocenters. The zero-order valence-corrected chi connectivity index (χ0v) is 16.8. The molecule has 8 heteroatoms. The number of hydrogen-bond acceptors (Lipinski definition) is 4. The van der Waals surface area contributed by atoms with Gasteiger partial charge in [-0.05, 0) is 30.5 Å². The van der Waals surface area contributed by atoms with Crippen molar-refractivity contribution in [2.75, 3.05) is 5.32 Å². The minimum Gasteiger partial charge on any atom is -0.366 e. The highest BCUT2D eigenvalue weighted by atomic mass is 35.5. The van der Waals surface area contributed by atoms with E-state index in [0.29, 0.717) is 28.2 Å². The normalized spacial score (nSPS) is 12.8. The zero-order valence-electron chi connectivity index (χ0n) is 15.3. The Bertz CT molecular complexity index is 1060. The maximum absolute atomic E-state index is 13.5. The van der Waals surface area contributed by atoms with E-state index >= 15 is 0 Å². The van der Waals surface area contributed by atoms with Crippen molar-refractivity contribution in [3.05, 3.63) is 46.0 Å². The number of nitrogens with zero attached hydrogens (tertiary/aromatic N) is 4. The van der Waals surface area contributed by atoms with Gasteiger partial charge in [-0.25, -0.2) is 9.37 Å². The fourth-order valence-electron chi connectivity index (χ4n) is 2.53. The lowest BCUT2D eigenvalue weighted by atomic mass is 9.88. The van der Waals surface area contributed by atoms with E-state index in [1.54, 1.807) is 6.07 Å². The Kier molecular flexibility index (Phi) is 5.02. The van der Waals surface area contributed by atoms with E-state index in [1.807, 2.05) is 6.92 Å². The molecule has 0 aliphatic rings. The predicted molar refractivity (Wildman–Crippen MR) is 106 cm³/mol. The van der Waals surface area contributed by atoms with Crippen molar-refractivity contribution in [1.82, 2.24) is 14.6 Å². The lowest BCUT2D eigenvalue weighted by Crippen LogP contribution is -2.32. The van der Waals surface area contributed by atoms with Crippen LogP contribution in [0.1, 0.15) is 33.3 Å². The maximum atomic E-state index is 13.5. The highest BCUT2D eigenvalue weighted by Gasteiger charge is 2.26. The average molecular weight is 406 g/mol. The Balaban J connectivity index is 2.33. The molecule has 5 nitrogen and oxygen atoms in total. The molecule has 0 amide bonds. The van der Waals surface area contributed by atoms with E-state index < -0.39 is 5.82 Å². The standard InChI is InChI=1S/C19H18Cl2FN5/c1-10(19(2,3)4)25-18-15(13-6-5-12(22)7-14(13)20)16(21)26-17-11(8-23)9-24-27(17)18/h5-7,9-10,25H,1-4H3. The molecule has 0 saturated heterocycles. The molecule has 140 valence electrons. The molecule has 0 aliphatic heterocycles. The first-order valence-corrected chi connectivity index (χ1v) is 9.08. The van der Waals surface area contributed by atoms with Crippen LogP contribution in [-0.4, -0.2) is 20.6 Å². The number of rotatable bonds is 3. The summed E-state index contributed by atoms with van der Waals surface area (Å²) in [5.41, 5.74) is 1.60. The number of benzene rings is 1. The molecule has 2 heterocycles. The van der Waals surface area contributed by atoms with Gasteiger partial charge in [0, 0.05) is 11.6 Å². The van der Waals surface area contributed by atoms with Crippen molar-refractivity contribution < 1.29 is 4.39 Å². The molecule has 0 radical (unpaired) electrons. The first-order valence-electron chi connectivity index (χ1n) is 8.32. The van der Waals surface area contributed by atoms with Gasteiger partial charge < -0.3 is 5.32 Å². The lowest BCUT2D eigenvalue weighted by Gasteiger charge is -2.30. The van der Waals surface area contributed by atoms with Crippen LogP contribution >= 0.6 is 23.2 Å². The SMILES string of the molecule is CC(Nc1c(-c2ccc(F)cc2Cl)c(Cl)nc2c(C#N)cnn12)C(C)(C)C. The van der Waals surface area contributed by atoms with Crippen molar-refractivity contribution in [3.8, 4) is 17.2 Å². The summed E-state index contributed by atoms with van der Waals surface area (Å²) in [5.74, 6) is 0.0970. The summed E-state index contributed by atoms with van der Waals surface area (Å²) in [6, 6.07) is 6.16. The molecular weight excluding hydrogens is 388 g/mol. The van der Waals surface area contributed by atoms with Crippen LogP contribution < -0.4 is 5.32 Å². The number of fused-ring (bicyclic) bond motifs is 1. The molecule has 3 aromatic rings. The van der Waals surface area contributed by atoms with Crippen LogP contribution in [0.2, 0.25) is 10.2 Å². The first kappa shape index (κ1) is 19.4. The summed E-state index contributed by atoms with van der Waals surface area (Å²) in [6.45, 7) is 8.32. The second-order valence-corrected chi connectivity index (χ2v) is 8.15. The number of aromatic nitrogens is 3. The Morgan fingerprint density at radius 3 is 2.59 bits per heavy atom. The van der Waals surface area contributed by atoms with Crippen LogP contribution in [-0.2, 0) is 0 Å². The third kappa shape index (κ3) is 3.58. The van der Waals surface area contributed by atoms with Gasteiger partial charge in [0.2, 0.25) is 0 Å². The molecule has 3 rings (SSSR count). The Morgan fingerprint density at radius 2 is 2.00 bits per heavy atom. The van der Waals surface area contributed by atoms with Gasteiger partial charge >= 0.3 is 0 Å². The van der Waals surface area contributed by atoms with E-state index in [-0.39, 0.29) is 21.6 Å². The number of nitriles is 1. The van der Waals surface area contributed by atoms with Gasteiger partial charge in [0.1, 0.15) is 28.4 Å². The van der Waals surface area contributed by atoms with Gasteiger partial charge in [0.05, 0.1) is 16.8 Å². The largest absolute Gasteiger partial charge is 0.366 e.